The number of ether oxygens (including phenoxy) is 1. The third-order valence-electron chi connectivity index (χ3n) is 5.03. The highest BCUT2D eigenvalue weighted by molar-refractivity contribution is 6.42. The third kappa shape index (κ3) is 4.02. The van der Waals surface area contributed by atoms with Crippen LogP contribution in [0, 0.1) is 10.1 Å². The fourth-order valence-corrected chi connectivity index (χ4v) is 3.74. The molecular weight excluding hydrogens is 487 g/mol. The Hall–Kier alpha value is -4.08. The lowest BCUT2D eigenvalue weighted by Crippen LogP contribution is -2.31. The summed E-state index contributed by atoms with van der Waals surface area (Å²) >= 11 is 11.7. The number of Topliss-reactive ketones (excluding diaryl/α,β-unsaturated/α-hetero) is 1. The molecule has 0 N–H and O–H groups in total. The fraction of sp³-hybridized carbons (Fsp3) is 0.0435. The van der Waals surface area contributed by atoms with Crippen molar-refractivity contribution in [1.29, 1.82) is 0 Å². The van der Waals surface area contributed by atoms with Gasteiger partial charge in [-0.2, -0.15) is 0 Å². The van der Waals surface area contributed by atoms with Crippen molar-refractivity contribution in [2.24, 2.45) is 0 Å². The molecule has 0 unspecified atom stereocenters. The number of nitro groups is 1. The molecule has 1 aliphatic heterocycles. The summed E-state index contributed by atoms with van der Waals surface area (Å²) in [6, 6.07) is 13.5. The predicted molar refractivity (Wildman–Crippen MR) is 122 cm³/mol. The molecule has 0 aromatic heterocycles. The summed E-state index contributed by atoms with van der Waals surface area (Å²) in [6.07, 6.45) is 0. The van der Waals surface area contributed by atoms with Crippen LogP contribution in [-0.2, 0) is 4.74 Å². The van der Waals surface area contributed by atoms with Crippen molar-refractivity contribution in [1.82, 2.24) is 0 Å². The van der Waals surface area contributed by atoms with Crippen molar-refractivity contribution in [3.05, 3.63) is 103 Å². The summed E-state index contributed by atoms with van der Waals surface area (Å²) in [4.78, 5) is 62.3. The number of imide groups is 1. The highest BCUT2D eigenvalue weighted by Gasteiger charge is 2.43. The number of hydrogen-bond acceptors (Lipinski definition) is 7. The molecule has 0 saturated carbocycles. The Bertz CT molecular complexity index is 1400. The van der Waals surface area contributed by atoms with Gasteiger partial charge in [0.25, 0.3) is 17.5 Å². The van der Waals surface area contributed by atoms with E-state index in [4.69, 9.17) is 27.9 Å². The van der Waals surface area contributed by atoms with E-state index in [-0.39, 0.29) is 38.0 Å². The van der Waals surface area contributed by atoms with Crippen LogP contribution in [0.25, 0.3) is 0 Å². The molecule has 4 rings (SSSR count). The van der Waals surface area contributed by atoms with Crippen LogP contribution < -0.4 is 4.90 Å². The monoisotopic (exact) mass is 498 g/mol. The molecule has 0 atom stereocenters. The number of rotatable bonds is 6. The summed E-state index contributed by atoms with van der Waals surface area (Å²) in [7, 11) is 0. The maximum Gasteiger partial charge on any atom is 0.340 e. The molecule has 34 heavy (non-hydrogen) atoms. The molecule has 1 heterocycles. The Labute approximate surface area is 201 Å². The number of carbonyl (C=O) groups is 4. The van der Waals surface area contributed by atoms with Gasteiger partial charge in [-0.25, -0.2) is 9.69 Å². The zero-order valence-electron chi connectivity index (χ0n) is 17.0. The molecule has 0 saturated heterocycles. The number of amides is 2. The molecule has 3 aromatic rings. The van der Waals surface area contributed by atoms with E-state index in [1.54, 1.807) is 0 Å². The number of esters is 1. The second-order valence-corrected chi connectivity index (χ2v) is 7.86. The smallest absolute Gasteiger partial charge is 0.340 e. The highest BCUT2D eigenvalue weighted by Crippen LogP contribution is 2.35. The molecule has 11 heteroatoms. The van der Waals surface area contributed by atoms with Gasteiger partial charge in [-0.15, -0.1) is 0 Å². The zero-order valence-corrected chi connectivity index (χ0v) is 18.5. The Morgan fingerprint density at radius 3 is 2.38 bits per heavy atom. The van der Waals surface area contributed by atoms with Crippen molar-refractivity contribution in [3.63, 3.8) is 0 Å². The van der Waals surface area contributed by atoms with E-state index in [1.807, 2.05) is 0 Å². The van der Waals surface area contributed by atoms with Crippen molar-refractivity contribution >= 4 is 58.1 Å². The van der Waals surface area contributed by atoms with E-state index >= 15 is 0 Å². The average molecular weight is 499 g/mol. The number of halogens is 2. The first-order valence-electron chi connectivity index (χ1n) is 9.61. The van der Waals surface area contributed by atoms with Gasteiger partial charge in [0.1, 0.15) is 5.56 Å². The summed E-state index contributed by atoms with van der Waals surface area (Å²) in [5, 5.41) is 11.8. The van der Waals surface area contributed by atoms with Crippen molar-refractivity contribution in [3.8, 4) is 0 Å². The van der Waals surface area contributed by atoms with Gasteiger partial charge in [-0.05, 0) is 36.4 Å². The second kappa shape index (κ2) is 9.05. The number of para-hydroxylation sites is 1. The number of fused-ring (bicyclic) bond motifs is 1. The largest absolute Gasteiger partial charge is 0.454 e. The molecule has 3 aromatic carbocycles. The number of carbonyl (C=O) groups excluding carboxylic acids is 4. The van der Waals surface area contributed by atoms with Gasteiger partial charge in [0.15, 0.2) is 12.4 Å². The summed E-state index contributed by atoms with van der Waals surface area (Å²) < 4.78 is 5.10. The molecule has 0 aliphatic carbocycles. The Balaban J connectivity index is 1.60. The average Bonchev–Trinajstić information content (AvgIpc) is 3.08. The van der Waals surface area contributed by atoms with E-state index in [2.05, 4.69) is 0 Å². The first-order chi connectivity index (χ1) is 16.2. The summed E-state index contributed by atoms with van der Waals surface area (Å²) in [5.41, 5.74) is -1.18. The van der Waals surface area contributed by atoms with Crippen LogP contribution in [0.4, 0.5) is 11.4 Å². The minimum Gasteiger partial charge on any atom is -0.454 e. The van der Waals surface area contributed by atoms with Crippen LogP contribution in [0.5, 0.6) is 0 Å². The Morgan fingerprint density at radius 2 is 1.68 bits per heavy atom. The van der Waals surface area contributed by atoms with Gasteiger partial charge < -0.3 is 4.74 Å². The van der Waals surface area contributed by atoms with Gasteiger partial charge >= 0.3 is 5.97 Å². The first kappa shape index (κ1) is 23.1. The number of benzene rings is 3. The van der Waals surface area contributed by atoms with Gasteiger partial charge in [0.2, 0.25) is 0 Å². The molecule has 2 amide bonds. The lowest BCUT2D eigenvalue weighted by atomic mass is 10.1. The van der Waals surface area contributed by atoms with Crippen LogP contribution in [0.3, 0.4) is 0 Å². The molecule has 0 bridgehead atoms. The molecule has 0 radical (unpaired) electrons. The standard InChI is InChI=1S/C23H12Cl2N2O7/c24-15-9-8-12(10-16(15)25)19(28)11-34-23(31)13-4-1-2-6-17(13)26-21(29)14-5-3-7-18(27(32)33)20(14)22(26)30/h1-10H,11H2. The normalized spacial score (nSPS) is 12.5. The van der Waals surface area contributed by atoms with Crippen LogP contribution in [0.1, 0.15) is 41.4 Å². The Kier molecular flexibility index (Phi) is 6.14. The highest BCUT2D eigenvalue weighted by atomic mass is 35.5. The van der Waals surface area contributed by atoms with E-state index in [9.17, 15) is 29.3 Å². The van der Waals surface area contributed by atoms with Crippen molar-refractivity contribution in [2.75, 3.05) is 11.5 Å². The Morgan fingerprint density at radius 1 is 0.941 bits per heavy atom. The second-order valence-electron chi connectivity index (χ2n) is 7.05. The maximum atomic E-state index is 13.0. The topological polar surface area (TPSA) is 124 Å². The first-order valence-corrected chi connectivity index (χ1v) is 10.4. The van der Waals surface area contributed by atoms with Gasteiger partial charge in [0.05, 0.1) is 31.8 Å². The van der Waals surface area contributed by atoms with Crippen LogP contribution in [-0.4, -0.2) is 35.1 Å². The summed E-state index contributed by atoms with van der Waals surface area (Å²) in [6.45, 7) is -0.640. The number of nitrogens with zero attached hydrogens (tertiary/aromatic N) is 2. The fourth-order valence-electron chi connectivity index (χ4n) is 3.44. The number of nitro benzene ring substituents is 1. The number of hydrogen-bond donors (Lipinski definition) is 0. The number of anilines is 1. The maximum absolute atomic E-state index is 13.0. The molecule has 9 nitrogen and oxygen atoms in total. The number of ketones is 1. The SMILES string of the molecule is O=C(COC(=O)c1ccccc1N1C(=O)c2cccc([N+](=O)[O-])c2C1=O)c1ccc(Cl)c(Cl)c1. The van der Waals surface area contributed by atoms with E-state index < -0.39 is 40.8 Å². The minimum atomic E-state index is -0.977. The van der Waals surface area contributed by atoms with Crippen molar-refractivity contribution < 1.29 is 28.8 Å². The van der Waals surface area contributed by atoms with E-state index in [0.29, 0.717) is 4.90 Å². The minimum absolute atomic E-state index is 0.130. The van der Waals surface area contributed by atoms with Crippen LogP contribution >= 0.6 is 23.2 Å². The third-order valence-corrected chi connectivity index (χ3v) is 5.77. The van der Waals surface area contributed by atoms with Gasteiger partial charge in [-0.3, -0.25) is 24.5 Å². The predicted octanol–water partition coefficient (Wildman–Crippen LogP) is 4.74. The summed E-state index contributed by atoms with van der Waals surface area (Å²) in [5.74, 6) is -3.30. The van der Waals surface area contributed by atoms with Crippen LogP contribution in [0.15, 0.2) is 60.7 Å². The van der Waals surface area contributed by atoms with E-state index in [1.165, 1.54) is 54.6 Å². The molecule has 0 spiro atoms. The van der Waals surface area contributed by atoms with E-state index in [0.717, 1.165) is 6.07 Å². The quantitative estimate of drug-likeness (QED) is 0.158. The molecule has 0 fully saturated rings. The lowest BCUT2D eigenvalue weighted by molar-refractivity contribution is -0.385. The molecule has 170 valence electrons. The van der Waals surface area contributed by atoms with Gasteiger partial charge in [-0.1, -0.05) is 41.4 Å². The van der Waals surface area contributed by atoms with Gasteiger partial charge in [0, 0.05) is 11.6 Å². The molecular formula is C23H12Cl2N2O7. The lowest BCUT2D eigenvalue weighted by Gasteiger charge is -2.17. The van der Waals surface area contributed by atoms with Crippen LogP contribution in [0.2, 0.25) is 10.0 Å². The van der Waals surface area contributed by atoms with Crippen molar-refractivity contribution in [2.45, 2.75) is 0 Å². The zero-order chi connectivity index (χ0) is 24.6. The molecule has 1 aliphatic rings.